The van der Waals surface area contributed by atoms with Gasteiger partial charge in [-0.3, -0.25) is 19.1 Å². The fourth-order valence-electron chi connectivity index (χ4n) is 6.48. The predicted octanol–water partition coefficient (Wildman–Crippen LogP) is 5.44. The van der Waals surface area contributed by atoms with Crippen LogP contribution >= 0.6 is 0 Å². The minimum atomic E-state index is -4.30. The number of sulfone groups is 1. The van der Waals surface area contributed by atoms with Crippen LogP contribution in [-0.4, -0.2) is 57.7 Å². The van der Waals surface area contributed by atoms with Gasteiger partial charge in [-0.15, -0.1) is 0 Å². The van der Waals surface area contributed by atoms with Crippen LogP contribution in [0, 0.1) is 29.9 Å². The summed E-state index contributed by atoms with van der Waals surface area (Å²) in [6.07, 6.45) is 3.77. The zero-order valence-electron chi connectivity index (χ0n) is 26.3. The Balaban J connectivity index is 1.97. The highest BCUT2D eigenvalue weighted by atomic mass is 32.2. The Bertz CT molecular complexity index is 2140. The third-order valence-electron chi connectivity index (χ3n) is 8.53. The number of halogens is 2. The van der Waals surface area contributed by atoms with Crippen LogP contribution in [0.5, 0.6) is 5.75 Å². The first-order valence-electron chi connectivity index (χ1n) is 14.9. The average molecular weight is 662 g/mol. The first-order chi connectivity index (χ1) is 22.2. The number of carbonyl (C=O) groups excluding carboxylic acids is 1. The van der Waals surface area contributed by atoms with E-state index in [9.17, 15) is 28.4 Å². The second-order valence-corrected chi connectivity index (χ2v) is 13.9. The van der Waals surface area contributed by atoms with Crippen LogP contribution in [0.3, 0.4) is 0 Å². The maximum atomic E-state index is 16.2. The van der Waals surface area contributed by atoms with Gasteiger partial charge in [0.2, 0.25) is 5.91 Å². The normalized spacial score (nSPS) is 16.8. The van der Waals surface area contributed by atoms with E-state index in [-0.39, 0.29) is 54.0 Å². The summed E-state index contributed by atoms with van der Waals surface area (Å²) >= 11 is 0. The molecule has 0 radical (unpaired) electrons. The molecule has 0 saturated carbocycles. The molecule has 3 aromatic heterocycles. The number of aromatic nitrogens is 3. The van der Waals surface area contributed by atoms with Gasteiger partial charge in [0.25, 0.3) is 5.56 Å². The highest BCUT2D eigenvalue weighted by Crippen LogP contribution is 2.42. The number of nitriles is 1. The van der Waals surface area contributed by atoms with Crippen molar-refractivity contribution in [3.63, 3.8) is 0 Å². The summed E-state index contributed by atoms with van der Waals surface area (Å²) in [5.41, 5.74) is -1.02. The molecule has 244 valence electrons. The van der Waals surface area contributed by atoms with Crippen molar-refractivity contribution in [2.75, 3.05) is 12.8 Å². The molecule has 13 heteroatoms. The second kappa shape index (κ2) is 12.7. The van der Waals surface area contributed by atoms with Crippen LogP contribution in [-0.2, 0) is 14.6 Å². The van der Waals surface area contributed by atoms with E-state index in [1.54, 1.807) is 19.2 Å². The van der Waals surface area contributed by atoms with Crippen molar-refractivity contribution >= 4 is 26.8 Å². The van der Waals surface area contributed by atoms with Gasteiger partial charge in [-0.2, -0.15) is 5.26 Å². The Labute approximate surface area is 270 Å². The minimum Gasteiger partial charge on any atom is -0.507 e. The number of carbonyl (C=O) groups is 1. The zero-order chi connectivity index (χ0) is 34.4. The molecule has 4 aromatic rings. The third kappa shape index (κ3) is 5.89. The number of nitrogens with zero attached hydrogens (tertiary/aromatic N) is 5. The third-order valence-corrected chi connectivity index (χ3v) is 9.67. The fourth-order valence-corrected chi connectivity index (χ4v) is 7.57. The number of amides is 1. The molecule has 1 unspecified atom stereocenters. The molecule has 2 atom stereocenters. The predicted molar refractivity (Wildman–Crippen MR) is 172 cm³/mol. The van der Waals surface area contributed by atoms with Crippen molar-refractivity contribution in [3.8, 4) is 28.8 Å². The monoisotopic (exact) mass is 661 g/mol. The number of likely N-dealkylation sites (tertiary alicyclic amines) is 1. The van der Waals surface area contributed by atoms with Gasteiger partial charge in [0.15, 0.2) is 15.7 Å². The fraction of sp³-hybridized carbons (Fsp3) is 0.324. The lowest BCUT2D eigenvalue weighted by atomic mass is 9.83. The summed E-state index contributed by atoms with van der Waals surface area (Å²) in [7, 11) is -4.30. The first kappa shape index (κ1) is 33.4. The summed E-state index contributed by atoms with van der Waals surface area (Å²) < 4.78 is 59.5. The van der Waals surface area contributed by atoms with Crippen molar-refractivity contribution in [2.45, 2.75) is 62.8 Å². The average Bonchev–Trinajstić information content (AvgIpc) is 3.00. The van der Waals surface area contributed by atoms with Gasteiger partial charge in [0, 0.05) is 30.4 Å². The second-order valence-electron chi connectivity index (χ2n) is 12.0. The number of benzene rings is 1. The van der Waals surface area contributed by atoms with Gasteiger partial charge in [-0.1, -0.05) is 26.5 Å². The van der Waals surface area contributed by atoms with E-state index in [0.717, 1.165) is 29.0 Å². The van der Waals surface area contributed by atoms with Gasteiger partial charge < -0.3 is 10.0 Å². The molecule has 4 heterocycles. The molecule has 1 saturated heterocycles. The lowest BCUT2D eigenvalue weighted by Crippen LogP contribution is -2.45. The number of phenols is 1. The van der Waals surface area contributed by atoms with E-state index >= 15 is 8.78 Å². The molecule has 1 N–H and O–H groups in total. The first-order valence-corrected chi connectivity index (χ1v) is 16.8. The van der Waals surface area contributed by atoms with Gasteiger partial charge in [-0.25, -0.2) is 22.2 Å². The molecule has 0 spiro atoms. The summed E-state index contributed by atoms with van der Waals surface area (Å²) in [6, 6.07) is 7.50. The molecular weight excluding hydrogens is 628 g/mol. The number of hydrogen-bond donors (Lipinski definition) is 1. The van der Waals surface area contributed by atoms with Crippen LogP contribution in [0.25, 0.3) is 28.0 Å². The number of phenolic OH excluding ortho intramolecular Hbond substituents is 1. The molecule has 10 nitrogen and oxygen atoms in total. The van der Waals surface area contributed by atoms with Crippen LogP contribution in [0.1, 0.15) is 61.8 Å². The summed E-state index contributed by atoms with van der Waals surface area (Å²) in [4.78, 5) is 37.1. The van der Waals surface area contributed by atoms with E-state index in [2.05, 4.69) is 22.6 Å². The Morgan fingerprint density at radius 1 is 1.26 bits per heavy atom. The van der Waals surface area contributed by atoms with Crippen molar-refractivity contribution in [3.05, 3.63) is 88.0 Å². The van der Waals surface area contributed by atoms with E-state index in [1.165, 1.54) is 17.0 Å². The lowest BCUT2D eigenvalue weighted by Gasteiger charge is -2.39. The molecule has 1 aliphatic rings. The summed E-state index contributed by atoms with van der Waals surface area (Å²) in [6.45, 7) is 9.04. The number of aryl methyl sites for hydroxylation is 1. The summed E-state index contributed by atoms with van der Waals surface area (Å²) in [5, 5.41) is 20.1. The maximum absolute atomic E-state index is 16.2. The highest BCUT2D eigenvalue weighted by Gasteiger charge is 2.37. The number of aromatic hydroxyl groups is 1. The Kier molecular flexibility index (Phi) is 9.01. The topological polar surface area (TPSA) is 146 Å². The number of rotatable bonds is 7. The van der Waals surface area contributed by atoms with Crippen molar-refractivity contribution < 1.29 is 27.1 Å². The molecule has 1 aliphatic heterocycles. The Morgan fingerprint density at radius 3 is 2.60 bits per heavy atom. The van der Waals surface area contributed by atoms with Crippen LogP contribution < -0.4 is 5.56 Å². The molecule has 1 amide bonds. The van der Waals surface area contributed by atoms with Gasteiger partial charge >= 0.3 is 0 Å². The largest absolute Gasteiger partial charge is 0.507 e. The van der Waals surface area contributed by atoms with Gasteiger partial charge in [0.1, 0.15) is 27.8 Å². The number of piperidine rings is 1. The molecular formula is C34H33F2N5O5S. The number of pyridine rings is 3. The SMILES string of the molecule is C=CC(=O)N1CCC(c2c(S(C)(=O)=O)c(=O)n(-c3c(C)ccnc3C(C)C)c3nc(-c4c(O)cccc4F)c(F)cc23)C[C@@H]1CC#N. The molecule has 0 bridgehead atoms. The molecule has 0 aliphatic carbocycles. The zero-order valence-corrected chi connectivity index (χ0v) is 27.1. The molecule has 5 rings (SSSR count). The Hall–Kier alpha value is -4.96. The van der Waals surface area contributed by atoms with Gasteiger partial charge in [0.05, 0.1) is 29.4 Å². The van der Waals surface area contributed by atoms with E-state index < -0.39 is 66.8 Å². The smallest absolute Gasteiger partial charge is 0.275 e. The van der Waals surface area contributed by atoms with Gasteiger partial charge in [-0.05, 0) is 73.1 Å². The standard InChI is InChI=1S/C34H33F2N5O5S/c1-6-26(43)40-15-12-20(16-21(40)10-13-37)27-22-17-24(36)30(28-23(35)8-7-9-25(28)42)39-33(22)41(34(44)32(27)47(5,45)46)31-19(4)11-14-38-29(31)18(2)3/h6-9,11,14,17-18,20-21,42H,1,10,12,15-16H2,2-5H3/t20?,21-/m0/s1. The number of hydrogen-bond acceptors (Lipinski definition) is 8. The van der Waals surface area contributed by atoms with E-state index in [1.807, 2.05) is 13.8 Å². The Morgan fingerprint density at radius 2 is 1.98 bits per heavy atom. The van der Waals surface area contributed by atoms with Crippen LogP contribution in [0.4, 0.5) is 8.78 Å². The lowest BCUT2D eigenvalue weighted by molar-refractivity contribution is -0.129. The molecule has 47 heavy (non-hydrogen) atoms. The summed E-state index contributed by atoms with van der Waals surface area (Å²) in [5.74, 6) is -3.98. The number of fused-ring (bicyclic) bond motifs is 1. The van der Waals surface area contributed by atoms with Crippen molar-refractivity contribution in [2.24, 2.45) is 0 Å². The van der Waals surface area contributed by atoms with E-state index in [0.29, 0.717) is 11.3 Å². The highest BCUT2D eigenvalue weighted by molar-refractivity contribution is 7.90. The maximum Gasteiger partial charge on any atom is 0.275 e. The van der Waals surface area contributed by atoms with Crippen LogP contribution in [0.15, 0.2) is 58.9 Å². The van der Waals surface area contributed by atoms with Crippen molar-refractivity contribution in [1.29, 1.82) is 5.26 Å². The quantitative estimate of drug-likeness (QED) is 0.258. The molecule has 1 fully saturated rings. The minimum absolute atomic E-state index is 0.000683. The van der Waals surface area contributed by atoms with Crippen molar-refractivity contribution in [1.82, 2.24) is 19.4 Å². The molecule has 1 aromatic carbocycles. The van der Waals surface area contributed by atoms with Crippen LogP contribution in [0.2, 0.25) is 0 Å². The van der Waals surface area contributed by atoms with E-state index in [4.69, 9.17) is 0 Å².